The van der Waals surface area contributed by atoms with E-state index in [4.69, 9.17) is 11.6 Å². The second kappa shape index (κ2) is 3.68. The maximum Gasteiger partial charge on any atom is 0.0522 e. The number of allylic oxidation sites excluding steroid dienone is 2. The molecule has 54 valence electrons. The van der Waals surface area contributed by atoms with E-state index >= 15 is 0 Å². The fraction of sp³-hybridized carbons (Fsp3) is 0.556. The van der Waals surface area contributed by atoms with Crippen LogP contribution in [0.4, 0.5) is 0 Å². The Hall–Kier alpha value is -0.410. The lowest BCUT2D eigenvalue weighted by atomic mass is 10.2. The quantitative estimate of drug-likeness (QED) is 0.310. The molecule has 0 aromatic carbocycles. The van der Waals surface area contributed by atoms with Gasteiger partial charge >= 0.3 is 0 Å². The van der Waals surface area contributed by atoms with Crippen LogP contribution in [0.2, 0.25) is 0 Å². The highest BCUT2D eigenvalue weighted by atomic mass is 35.5. The second-order valence-corrected chi connectivity index (χ2v) is 3.04. The van der Waals surface area contributed by atoms with Gasteiger partial charge in [-0.05, 0) is 19.8 Å². The van der Waals surface area contributed by atoms with Crippen molar-refractivity contribution in [3.8, 4) is 11.8 Å². The van der Waals surface area contributed by atoms with Crippen molar-refractivity contribution in [3.63, 3.8) is 0 Å². The fourth-order valence-electron chi connectivity index (χ4n) is 1.09. The second-order valence-electron chi connectivity index (χ2n) is 2.48. The van der Waals surface area contributed by atoms with Crippen molar-refractivity contribution >= 4 is 11.6 Å². The molecule has 1 heteroatoms. The first kappa shape index (κ1) is 7.69. The van der Waals surface area contributed by atoms with E-state index in [0.29, 0.717) is 0 Å². The molecule has 0 nitrogen and oxygen atoms in total. The van der Waals surface area contributed by atoms with Gasteiger partial charge in [-0.3, -0.25) is 0 Å². The molecule has 1 rings (SSSR count). The van der Waals surface area contributed by atoms with Gasteiger partial charge in [-0.15, -0.1) is 17.5 Å². The van der Waals surface area contributed by atoms with Crippen molar-refractivity contribution in [2.45, 2.75) is 31.6 Å². The summed E-state index contributed by atoms with van der Waals surface area (Å²) < 4.78 is 0. The molecule has 1 unspecified atom stereocenters. The molecule has 0 aromatic rings. The van der Waals surface area contributed by atoms with E-state index in [0.717, 1.165) is 19.3 Å². The molecule has 10 heavy (non-hydrogen) atoms. The van der Waals surface area contributed by atoms with Crippen LogP contribution in [-0.4, -0.2) is 5.38 Å². The van der Waals surface area contributed by atoms with E-state index in [-0.39, 0.29) is 5.38 Å². The minimum absolute atomic E-state index is 0.272. The van der Waals surface area contributed by atoms with E-state index in [1.54, 1.807) is 0 Å². The number of halogens is 1. The average molecular weight is 155 g/mol. The third kappa shape index (κ3) is 2.08. The summed E-state index contributed by atoms with van der Waals surface area (Å²) in [6.45, 7) is 1.87. The first-order chi connectivity index (χ1) is 4.83. The largest absolute Gasteiger partial charge is 0.118 e. The van der Waals surface area contributed by atoms with Crippen LogP contribution in [0, 0.1) is 11.8 Å². The molecule has 0 saturated carbocycles. The zero-order valence-electron chi connectivity index (χ0n) is 6.15. The Morgan fingerprint density at radius 1 is 1.80 bits per heavy atom. The Morgan fingerprint density at radius 3 is 3.10 bits per heavy atom. The van der Waals surface area contributed by atoms with Gasteiger partial charge < -0.3 is 0 Å². The van der Waals surface area contributed by atoms with E-state index < -0.39 is 0 Å². The number of hydrogen-bond donors (Lipinski definition) is 0. The smallest absolute Gasteiger partial charge is 0.0522 e. The van der Waals surface area contributed by atoms with Crippen LogP contribution in [0.5, 0.6) is 0 Å². The Morgan fingerprint density at radius 2 is 2.60 bits per heavy atom. The minimum Gasteiger partial charge on any atom is -0.118 e. The lowest BCUT2D eigenvalue weighted by molar-refractivity contribution is 0.901. The summed E-state index contributed by atoms with van der Waals surface area (Å²) in [4.78, 5) is 0. The third-order valence-corrected chi connectivity index (χ3v) is 1.99. The molecule has 0 aromatic heterocycles. The molecule has 0 amide bonds. The average Bonchev–Trinajstić information content (AvgIpc) is 2.31. The summed E-state index contributed by atoms with van der Waals surface area (Å²) in [6, 6.07) is 0. The molecule has 0 radical (unpaired) electrons. The summed E-state index contributed by atoms with van der Waals surface area (Å²) in [6.07, 6.45) is 5.29. The summed E-state index contributed by atoms with van der Waals surface area (Å²) in [5.74, 6) is 5.91. The molecule has 0 saturated heterocycles. The van der Waals surface area contributed by atoms with E-state index in [2.05, 4.69) is 17.9 Å². The van der Waals surface area contributed by atoms with Gasteiger partial charge in [-0.2, -0.15) is 0 Å². The topological polar surface area (TPSA) is 0 Å². The highest BCUT2D eigenvalue weighted by Gasteiger charge is 2.11. The normalized spacial score (nSPS) is 23.4. The highest BCUT2D eigenvalue weighted by molar-refractivity contribution is 6.22. The maximum absolute atomic E-state index is 5.86. The summed E-state index contributed by atoms with van der Waals surface area (Å²) in [7, 11) is 0. The molecule has 0 fully saturated rings. The monoisotopic (exact) mass is 154 g/mol. The van der Waals surface area contributed by atoms with Crippen molar-refractivity contribution in [2.75, 3.05) is 0 Å². The summed E-state index contributed by atoms with van der Waals surface area (Å²) in [5.41, 5.74) is 1.41. The predicted molar refractivity (Wildman–Crippen MR) is 45.0 cm³/mol. The highest BCUT2D eigenvalue weighted by Crippen LogP contribution is 2.24. The van der Waals surface area contributed by atoms with Crippen molar-refractivity contribution < 1.29 is 0 Å². The molecule has 1 atom stereocenters. The number of rotatable bonds is 1. The summed E-state index contributed by atoms with van der Waals surface area (Å²) >= 11 is 5.86. The zero-order valence-corrected chi connectivity index (χ0v) is 6.91. The third-order valence-electron chi connectivity index (χ3n) is 1.65. The number of alkyl halides is 1. The Kier molecular flexibility index (Phi) is 2.83. The molecule has 0 heterocycles. The standard InChI is InChI=1S/C9H11Cl/c1-2-3-4-8-5-6-9(10)7-8/h7,9H,4-6H2,1H3. The van der Waals surface area contributed by atoms with Crippen LogP contribution in [-0.2, 0) is 0 Å². The predicted octanol–water partition coefficient (Wildman–Crippen LogP) is 2.73. The van der Waals surface area contributed by atoms with Gasteiger partial charge in [0, 0.05) is 6.42 Å². The van der Waals surface area contributed by atoms with Gasteiger partial charge in [-0.1, -0.05) is 17.6 Å². The molecular weight excluding hydrogens is 144 g/mol. The summed E-state index contributed by atoms with van der Waals surface area (Å²) in [5, 5.41) is 0.272. The van der Waals surface area contributed by atoms with Crippen LogP contribution in [0.15, 0.2) is 11.6 Å². The first-order valence-electron chi connectivity index (χ1n) is 3.56. The SMILES string of the molecule is CC#CCC1=CC(Cl)CC1. The lowest BCUT2D eigenvalue weighted by Gasteiger charge is -1.89. The van der Waals surface area contributed by atoms with Crippen LogP contribution in [0.25, 0.3) is 0 Å². The molecule has 1 aliphatic carbocycles. The molecule has 0 N–H and O–H groups in total. The van der Waals surface area contributed by atoms with Gasteiger partial charge in [0.1, 0.15) is 0 Å². The van der Waals surface area contributed by atoms with Crippen molar-refractivity contribution in [1.82, 2.24) is 0 Å². The maximum atomic E-state index is 5.86. The van der Waals surface area contributed by atoms with Gasteiger partial charge in [0.2, 0.25) is 0 Å². The van der Waals surface area contributed by atoms with Crippen LogP contribution >= 0.6 is 11.6 Å². The van der Waals surface area contributed by atoms with Crippen molar-refractivity contribution in [2.24, 2.45) is 0 Å². The van der Waals surface area contributed by atoms with Crippen molar-refractivity contribution in [3.05, 3.63) is 11.6 Å². The Balaban J connectivity index is 2.40. The van der Waals surface area contributed by atoms with Gasteiger partial charge in [0.05, 0.1) is 5.38 Å². The molecular formula is C9H11Cl. The van der Waals surface area contributed by atoms with Crippen LogP contribution in [0.3, 0.4) is 0 Å². The van der Waals surface area contributed by atoms with Crippen LogP contribution < -0.4 is 0 Å². The minimum atomic E-state index is 0.272. The fourth-order valence-corrected chi connectivity index (χ4v) is 1.38. The van der Waals surface area contributed by atoms with Crippen molar-refractivity contribution in [1.29, 1.82) is 0 Å². The zero-order chi connectivity index (χ0) is 7.40. The first-order valence-corrected chi connectivity index (χ1v) is 4.00. The molecule has 1 aliphatic rings. The van der Waals surface area contributed by atoms with Gasteiger partial charge in [0.15, 0.2) is 0 Å². The number of hydrogen-bond acceptors (Lipinski definition) is 0. The van der Waals surface area contributed by atoms with Crippen LogP contribution in [0.1, 0.15) is 26.2 Å². The van der Waals surface area contributed by atoms with Gasteiger partial charge in [-0.25, -0.2) is 0 Å². The molecule has 0 spiro atoms. The Labute approximate surface area is 67.3 Å². The van der Waals surface area contributed by atoms with E-state index in [1.165, 1.54) is 5.57 Å². The Bertz CT molecular complexity index is 193. The molecule has 0 aliphatic heterocycles. The van der Waals surface area contributed by atoms with E-state index in [9.17, 15) is 0 Å². The molecule has 0 bridgehead atoms. The van der Waals surface area contributed by atoms with Gasteiger partial charge in [0.25, 0.3) is 0 Å². The lowest BCUT2D eigenvalue weighted by Crippen LogP contribution is -1.81. The van der Waals surface area contributed by atoms with E-state index in [1.807, 2.05) is 6.92 Å².